The van der Waals surface area contributed by atoms with Crippen molar-refractivity contribution in [2.45, 2.75) is 12.1 Å². The Balaban J connectivity index is 0.00000144. The van der Waals surface area contributed by atoms with Crippen molar-refractivity contribution < 1.29 is 0 Å². The maximum atomic E-state index is 6.15. The summed E-state index contributed by atoms with van der Waals surface area (Å²) in [7, 11) is 0. The zero-order chi connectivity index (χ0) is 11.4. The molecule has 0 aliphatic rings. The quantitative estimate of drug-likeness (QED) is 0.776. The molecule has 0 heterocycles. The van der Waals surface area contributed by atoms with Gasteiger partial charge in [0.05, 0.1) is 0 Å². The van der Waals surface area contributed by atoms with Crippen LogP contribution in [0.4, 0.5) is 0 Å². The maximum absolute atomic E-state index is 6.15. The fraction of sp³-hybridized carbons (Fsp3) is 0.143. The fourth-order valence-electron chi connectivity index (χ4n) is 1.77. The molecule has 2 aromatic carbocycles. The van der Waals surface area contributed by atoms with Gasteiger partial charge in [0.25, 0.3) is 0 Å². The Morgan fingerprint density at radius 3 is 1.18 bits per heavy atom. The van der Waals surface area contributed by atoms with Crippen LogP contribution in [0.1, 0.15) is 23.2 Å². The van der Waals surface area contributed by atoms with Crippen molar-refractivity contribution in [2.75, 3.05) is 0 Å². The molecule has 0 saturated heterocycles. The Morgan fingerprint density at radius 2 is 0.882 bits per heavy atom. The molecular weight excluding hydrogens is 203 g/mol. The molecule has 2 nitrogen and oxygen atoms in total. The van der Waals surface area contributed by atoms with E-state index in [1.54, 1.807) is 0 Å². The van der Waals surface area contributed by atoms with Crippen LogP contribution in [0.3, 0.4) is 0 Å². The van der Waals surface area contributed by atoms with Gasteiger partial charge in [-0.25, -0.2) is 0 Å². The van der Waals surface area contributed by atoms with Crippen molar-refractivity contribution in [3.8, 4) is 0 Å². The van der Waals surface area contributed by atoms with Crippen molar-refractivity contribution >= 4 is 18.9 Å². The van der Waals surface area contributed by atoms with E-state index in [4.69, 9.17) is 11.5 Å². The normalized spacial score (nSPS) is 13.5. The van der Waals surface area contributed by atoms with E-state index in [9.17, 15) is 0 Å². The first-order valence-corrected chi connectivity index (χ1v) is 5.40. The van der Waals surface area contributed by atoms with Crippen LogP contribution < -0.4 is 11.5 Å². The monoisotopic (exact) mass is 219 g/mol. The van der Waals surface area contributed by atoms with Gasteiger partial charge in [-0.3, -0.25) is 0 Å². The molecule has 17 heavy (non-hydrogen) atoms. The largest absolute Gasteiger partial charge is 0.322 e. The van der Waals surface area contributed by atoms with E-state index < -0.39 is 0 Å². The zero-order valence-corrected chi connectivity index (χ0v) is 10.1. The molecule has 0 aliphatic carbocycles. The predicted octanol–water partition coefficient (Wildman–Crippen LogP) is 2.01. The fourth-order valence-corrected chi connectivity index (χ4v) is 1.77. The Kier molecular flexibility index (Phi) is 5.47. The van der Waals surface area contributed by atoms with Crippen LogP contribution >= 0.6 is 0 Å². The number of rotatable bonds is 3. The Hall–Kier alpha value is -1.04. The van der Waals surface area contributed by atoms with Crippen LogP contribution in [-0.4, -0.2) is 18.9 Å². The Labute approximate surface area is 114 Å². The van der Waals surface area contributed by atoms with Gasteiger partial charge in [0.1, 0.15) is 0 Å². The molecule has 2 unspecified atom stereocenters. The second kappa shape index (κ2) is 6.63. The van der Waals surface area contributed by atoms with Crippen molar-refractivity contribution in [3.63, 3.8) is 0 Å². The SMILES string of the molecule is NC(c1ccccc1)C(N)c1ccccc1.[Li]. The average molecular weight is 219 g/mol. The summed E-state index contributed by atoms with van der Waals surface area (Å²) in [6, 6.07) is 19.6. The summed E-state index contributed by atoms with van der Waals surface area (Å²) in [5, 5.41) is 0. The van der Waals surface area contributed by atoms with E-state index >= 15 is 0 Å². The molecule has 2 rings (SSSR count). The second-order valence-electron chi connectivity index (χ2n) is 3.87. The van der Waals surface area contributed by atoms with Gasteiger partial charge in [0.15, 0.2) is 0 Å². The minimum atomic E-state index is -0.163. The number of hydrogen-bond acceptors (Lipinski definition) is 2. The van der Waals surface area contributed by atoms with E-state index in [2.05, 4.69) is 0 Å². The second-order valence-corrected chi connectivity index (χ2v) is 3.87. The van der Waals surface area contributed by atoms with Gasteiger partial charge < -0.3 is 11.5 Å². The summed E-state index contributed by atoms with van der Waals surface area (Å²) in [4.78, 5) is 0. The minimum absolute atomic E-state index is 0. The first-order valence-electron chi connectivity index (χ1n) is 5.40. The van der Waals surface area contributed by atoms with Gasteiger partial charge >= 0.3 is 0 Å². The van der Waals surface area contributed by atoms with E-state index in [1.807, 2.05) is 60.7 Å². The van der Waals surface area contributed by atoms with Crippen molar-refractivity contribution in [1.82, 2.24) is 0 Å². The average Bonchev–Trinajstić information content (AvgIpc) is 2.39. The molecule has 0 aliphatic heterocycles. The number of hydrogen-bond donors (Lipinski definition) is 2. The summed E-state index contributed by atoms with van der Waals surface area (Å²) in [5.41, 5.74) is 14.4. The summed E-state index contributed by atoms with van der Waals surface area (Å²) in [5.74, 6) is 0. The van der Waals surface area contributed by atoms with Gasteiger partial charge in [0, 0.05) is 30.9 Å². The third-order valence-corrected chi connectivity index (χ3v) is 2.76. The van der Waals surface area contributed by atoms with Crippen LogP contribution in [0.5, 0.6) is 0 Å². The minimum Gasteiger partial charge on any atom is -0.322 e. The number of nitrogens with two attached hydrogens (primary N) is 2. The summed E-state index contributed by atoms with van der Waals surface area (Å²) in [6.07, 6.45) is 0. The number of benzene rings is 2. The van der Waals surface area contributed by atoms with Crippen molar-refractivity contribution in [2.24, 2.45) is 11.5 Å². The Morgan fingerprint density at radius 1 is 0.588 bits per heavy atom. The van der Waals surface area contributed by atoms with E-state index in [0.29, 0.717) is 0 Å². The van der Waals surface area contributed by atoms with Gasteiger partial charge in [-0.15, -0.1) is 0 Å². The molecule has 2 atom stereocenters. The first kappa shape index (κ1) is 14.0. The molecule has 0 fully saturated rings. The Bertz CT molecular complexity index is 387. The standard InChI is InChI=1S/C14H16N2.Li/c15-13(11-7-3-1-4-8-11)14(16)12-9-5-2-6-10-12;/h1-10,13-14H,15-16H2;. The van der Waals surface area contributed by atoms with E-state index in [0.717, 1.165) is 11.1 Å². The zero-order valence-electron chi connectivity index (χ0n) is 10.1. The topological polar surface area (TPSA) is 52.0 Å². The molecule has 0 spiro atoms. The smallest absolute Gasteiger partial charge is 0.0491 e. The van der Waals surface area contributed by atoms with Crippen LogP contribution in [0.15, 0.2) is 60.7 Å². The molecular formula is C14H16LiN2. The van der Waals surface area contributed by atoms with Crippen molar-refractivity contribution in [1.29, 1.82) is 0 Å². The summed E-state index contributed by atoms with van der Waals surface area (Å²) in [6.45, 7) is 0. The molecule has 3 heteroatoms. The maximum Gasteiger partial charge on any atom is 0.0491 e. The van der Waals surface area contributed by atoms with Gasteiger partial charge in [-0.05, 0) is 11.1 Å². The van der Waals surface area contributed by atoms with Crippen LogP contribution in [0.25, 0.3) is 0 Å². The molecule has 0 amide bonds. The summed E-state index contributed by atoms with van der Waals surface area (Å²) < 4.78 is 0. The molecule has 2 aromatic rings. The third kappa shape index (κ3) is 3.46. The molecule has 0 bridgehead atoms. The van der Waals surface area contributed by atoms with Gasteiger partial charge in [-0.2, -0.15) is 0 Å². The van der Waals surface area contributed by atoms with E-state index in [-0.39, 0.29) is 30.9 Å². The molecule has 83 valence electrons. The molecule has 0 saturated carbocycles. The van der Waals surface area contributed by atoms with Crippen LogP contribution in [-0.2, 0) is 0 Å². The van der Waals surface area contributed by atoms with Gasteiger partial charge in [-0.1, -0.05) is 60.7 Å². The summed E-state index contributed by atoms with van der Waals surface area (Å²) >= 11 is 0. The third-order valence-electron chi connectivity index (χ3n) is 2.76. The first-order chi connectivity index (χ1) is 7.79. The van der Waals surface area contributed by atoms with Crippen LogP contribution in [0.2, 0.25) is 0 Å². The molecule has 0 aromatic heterocycles. The van der Waals surface area contributed by atoms with Gasteiger partial charge in [0.2, 0.25) is 0 Å². The van der Waals surface area contributed by atoms with E-state index in [1.165, 1.54) is 0 Å². The predicted molar refractivity (Wildman–Crippen MR) is 72.5 cm³/mol. The molecule has 4 N–H and O–H groups in total. The molecule has 1 radical (unpaired) electrons. The van der Waals surface area contributed by atoms with Crippen LogP contribution in [0, 0.1) is 0 Å². The van der Waals surface area contributed by atoms with Crippen molar-refractivity contribution in [3.05, 3.63) is 71.8 Å².